The minimum Gasteiger partial charge on any atom is -0.507 e. The summed E-state index contributed by atoms with van der Waals surface area (Å²) in [6.07, 6.45) is 0.959. The van der Waals surface area contributed by atoms with E-state index < -0.39 is 5.91 Å². The molecule has 2 aromatic carbocycles. The highest BCUT2D eigenvalue weighted by Gasteiger charge is 2.24. The molecule has 0 aliphatic carbocycles. The zero-order valence-corrected chi connectivity index (χ0v) is 21.7. The Hall–Kier alpha value is -3.43. The quantitative estimate of drug-likeness (QED) is 0.295. The van der Waals surface area contributed by atoms with Crippen LogP contribution in [0.4, 0.5) is 23.0 Å². The summed E-state index contributed by atoms with van der Waals surface area (Å²) in [5, 5.41) is 24.2. The molecule has 2 heterocycles. The molecule has 1 amide bonds. The molecule has 192 valence electrons. The molecule has 1 aliphatic rings. The lowest BCUT2D eigenvalue weighted by atomic mass is 10.0. The van der Waals surface area contributed by atoms with Gasteiger partial charge in [-0.1, -0.05) is 30.7 Å². The summed E-state index contributed by atoms with van der Waals surface area (Å²) in [4.78, 5) is 14.5. The minimum absolute atomic E-state index is 0.121. The normalized spacial score (nSPS) is 17.8. The third-order valence-corrected chi connectivity index (χ3v) is 6.57. The Bertz CT molecular complexity index is 1250. The maximum atomic E-state index is 12.3. The van der Waals surface area contributed by atoms with Crippen LogP contribution in [0, 0.1) is 6.92 Å². The number of nitrogens with two attached hydrogens (primary N) is 1. The first-order valence-electron chi connectivity index (χ1n) is 12.1. The van der Waals surface area contributed by atoms with Crippen molar-refractivity contribution < 1.29 is 14.6 Å². The molecule has 36 heavy (non-hydrogen) atoms. The first kappa shape index (κ1) is 25.7. The molecule has 0 radical (unpaired) electrons. The number of halogens is 1. The second-order valence-corrected chi connectivity index (χ2v) is 9.67. The van der Waals surface area contributed by atoms with E-state index in [0.29, 0.717) is 41.1 Å². The fourth-order valence-electron chi connectivity index (χ4n) is 4.65. The molecule has 0 unspecified atom stereocenters. The number of benzene rings is 2. The van der Waals surface area contributed by atoms with Crippen LogP contribution < -0.4 is 21.3 Å². The van der Waals surface area contributed by atoms with E-state index in [0.717, 1.165) is 35.5 Å². The van der Waals surface area contributed by atoms with Crippen LogP contribution in [0.25, 0.3) is 0 Å². The monoisotopic (exact) mass is 512 g/mol. The van der Waals surface area contributed by atoms with Crippen molar-refractivity contribution in [2.75, 3.05) is 28.6 Å². The van der Waals surface area contributed by atoms with Gasteiger partial charge in [0.25, 0.3) is 5.91 Å². The van der Waals surface area contributed by atoms with Crippen LogP contribution in [0.1, 0.15) is 47.8 Å². The van der Waals surface area contributed by atoms with Crippen molar-refractivity contribution in [3.8, 4) is 5.75 Å². The first-order valence-corrected chi connectivity index (χ1v) is 12.4. The topological polar surface area (TPSA) is 129 Å². The predicted octanol–water partition coefficient (Wildman–Crippen LogP) is 4.71. The maximum Gasteiger partial charge on any atom is 0.256 e. The molecule has 4 rings (SSSR count). The molecular formula is C26H33ClN6O3. The number of hydrogen-bond acceptors (Lipinski definition) is 7. The summed E-state index contributed by atoms with van der Waals surface area (Å²) < 4.78 is 5.82. The maximum absolute atomic E-state index is 12.3. The smallest absolute Gasteiger partial charge is 0.256 e. The van der Waals surface area contributed by atoms with E-state index in [1.165, 1.54) is 0 Å². The number of H-pyrrole nitrogens is 1. The van der Waals surface area contributed by atoms with Gasteiger partial charge in [0.05, 0.1) is 22.9 Å². The average Bonchev–Trinajstić information content (AvgIpc) is 3.21. The molecule has 1 aliphatic heterocycles. The van der Waals surface area contributed by atoms with Crippen LogP contribution in [0.3, 0.4) is 0 Å². The number of nitrogens with zero attached hydrogens (tertiary/aromatic N) is 2. The summed E-state index contributed by atoms with van der Waals surface area (Å²) in [5.74, 6) is 0.405. The lowest BCUT2D eigenvalue weighted by molar-refractivity contribution is -0.00521. The van der Waals surface area contributed by atoms with E-state index in [9.17, 15) is 9.90 Å². The van der Waals surface area contributed by atoms with E-state index in [2.05, 4.69) is 25.7 Å². The van der Waals surface area contributed by atoms with Crippen LogP contribution in [0.15, 0.2) is 30.3 Å². The summed E-state index contributed by atoms with van der Waals surface area (Å²) >= 11 is 6.63. The number of phenolic OH excluding ortho intramolecular Hbond substituents is 1. The van der Waals surface area contributed by atoms with Gasteiger partial charge in [0.15, 0.2) is 5.82 Å². The molecule has 0 bridgehead atoms. The molecular weight excluding hydrogens is 480 g/mol. The number of carbonyl (C=O) groups excluding carboxylic acids is 1. The van der Waals surface area contributed by atoms with Gasteiger partial charge in [0, 0.05) is 25.3 Å². The number of hydrogen-bond donors (Lipinski definition) is 5. The lowest BCUT2D eigenvalue weighted by Gasteiger charge is -2.37. The highest BCUT2D eigenvalue weighted by molar-refractivity contribution is 6.33. The molecule has 2 atom stereocenters. The Kier molecular flexibility index (Phi) is 7.61. The number of anilines is 4. The Morgan fingerprint density at radius 3 is 2.64 bits per heavy atom. The lowest BCUT2D eigenvalue weighted by Crippen LogP contribution is -2.45. The third-order valence-electron chi connectivity index (χ3n) is 6.27. The van der Waals surface area contributed by atoms with Crippen LogP contribution in [-0.4, -0.2) is 46.5 Å². The number of primary amides is 1. The second kappa shape index (κ2) is 10.7. The van der Waals surface area contributed by atoms with Crippen molar-refractivity contribution in [2.45, 2.75) is 52.9 Å². The van der Waals surface area contributed by atoms with Gasteiger partial charge < -0.3 is 31.1 Å². The highest BCUT2D eigenvalue weighted by atomic mass is 35.5. The molecule has 1 saturated heterocycles. The minimum atomic E-state index is -0.621. The number of rotatable bonds is 8. The van der Waals surface area contributed by atoms with Gasteiger partial charge in [-0.3, -0.25) is 9.89 Å². The molecule has 9 nitrogen and oxygen atoms in total. The van der Waals surface area contributed by atoms with Crippen molar-refractivity contribution in [2.24, 2.45) is 5.73 Å². The fourth-order valence-corrected chi connectivity index (χ4v) is 4.95. The molecule has 0 saturated carbocycles. The SMILES string of the molecule is CCc1cc(CNc2n[nH]c(Nc3ccc(N4C[C@@H](C)O[C@@H](C)C4)c(Cl)c3)c2C(N)=O)cc(C)c1O. The molecule has 6 N–H and O–H groups in total. The van der Waals surface area contributed by atoms with Crippen molar-refractivity contribution in [3.05, 3.63) is 57.6 Å². The molecule has 1 fully saturated rings. The number of aromatic hydroxyl groups is 1. The standard InChI is InChI=1S/C26H33ClN6O3/c1-5-18-9-17(8-14(2)23(18)34)11-29-25-22(24(28)35)26(32-31-25)30-19-6-7-21(20(27)10-19)33-12-15(3)36-16(4)13-33/h6-10,15-16,34H,5,11-13H2,1-4H3,(H2,28,35)(H3,29,30,31,32)/t15-,16+. The Labute approximate surface area is 216 Å². The summed E-state index contributed by atoms with van der Waals surface area (Å²) in [5.41, 5.74) is 10.2. The summed E-state index contributed by atoms with van der Waals surface area (Å²) in [6.45, 7) is 9.89. The Morgan fingerprint density at radius 1 is 1.28 bits per heavy atom. The zero-order chi connectivity index (χ0) is 26.0. The number of ether oxygens (including phenoxy) is 1. The van der Waals surface area contributed by atoms with Crippen LogP contribution in [0.5, 0.6) is 5.75 Å². The van der Waals surface area contributed by atoms with E-state index in [-0.39, 0.29) is 17.8 Å². The average molecular weight is 513 g/mol. The zero-order valence-electron chi connectivity index (χ0n) is 21.0. The largest absolute Gasteiger partial charge is 0.507 e. The van der Waals surface area contributed by atoms with Crippen LogP contribution in [0.2, 0.25) is 5.02 Å². The molecule has 0 spiro atoms. The number of morpholine rings is 1. The molecule has 10 heteroatoms. The van der Waals surface area contributed by atoms with Crippen molar-refractivity contribution >= 4 is 40.5 Å². The van der Waals surface area contributed by atoms with Crippen molar-refractivity contribution in [1.29, 1.82) is 0 Å². The van der Waals surface area contributed by atoms with Crippen LogP contribution in [-0.2, 0) is 17.7 Å². The first-order chi connectivity index (χ1) is 17.2. The number of aromatic amines is 1. The van der Waals surface area contributed by atoms with E-state index in [4.69, 9.17) is 22.1 Å². The van der Waals surface area contributed by atoms with E-state index >= 15 is 0 Å². The van der Waals surface area contributed by atoms with E-state index in [1.54, 1.807) is 0 Å². The highest BCUT2D eigenvalue weighted by Crippen LogP contribution is 2.33. The number of aromatic nitrogens is 2. The van der Waals surface area contributed by atoms with Crippen molar-refractivity contribution in [1.82, 2.24) is 10.2 Å². The van der Waals surface area contributed by atoms with Gasteiger partial charge in [-0.15, -0.1) is 0 Å². The summed E-state index contributed by atoms with van der Waals surface area (Å²) in [7, 11) is 0. The number of aryl methyl sites for hydroxylation is 2. The van der Waals surface area contributed by atoms with Gasteiger partial charge >= 0.3 is 0 Å². The van der Waals surface area contributed by atoms with E-state index in [1.807, 2.05) is 58.0 Å². The van der Waals surface area contributed by atoms with Gasteiger partial charge in [-0.05, 0) is 62.1 Å². The van der Waals surface area contributed by atoms with Crippen LogP contribution >= 0.6 is 11.6 Å². The molecule has 3 aromatic rings. The number of nitrogens with one attached hydrogen (secondary N) is 3. The van der Waals surface area contributed by atoms with Gasteiger partial charge in [0.2, 0.25) is 0 Å². The van der Waals surface area contributed by atoms with Gasteiger partial charge in [-0.25, -0.2) is 0 Å². The van der Waals surface area contributed by atoms with Gasteiger partial charge in [-0.2, -0.15) is 5.10 Å². The third kappa shape index (κ3) is 5.52. The van der Waals surface area contributed by atoms with Gasteiger partial charge in [0.1, 0.15) is 17.1 Å². The van der Waals surface area contributed by atoms with Crippen molar-refractivity contribution in [3.63, 3.8) is 0 Å². The Balaban J connectivity index is 1.51. The Morgan fingerprint density at radius 2 is 2.00 bits per heavy atom. The molecule has 1 aromatic heterocycles. The summed E-state index contributed by atoms with van der Waals surface area (Å²) in [6, 6.07) is 9.50. The number of phenols is 1. The second-order valence-electron chi connectivity index (χ2n) is 9.27. The predicted molar refractivity (Wildman–Crippen MR) is 144 cm³/mol. The fraction of sp³-hybridized carbons (Fsp3) is 0.385. The number of amides is 1. The number of carbonyl (C=O) groups is 1.